The van der Waals surface area contributed by atoms with E-state index in [-0.39, 0.29) is 0 Å². The lowest BCUT2D eigenvalue weighted by Crippen LogP contribution is -1.94. The van der Waals surface area contributed by atoms with Crippen molar-refractivity contribution in [3.8, 4) is 0 Å². The number of fused-ring (bicyclic) bond motifs is 4. The van der Waals surface area contributed by atoms with Crippen LogP contribution in [0.4, 0.5) is 0 Å². The average molecular weight is 337 g/mol. The highest BCUT2D eigenvalue weighted by Crippen LogP contribution is 2.35. The second kappa shape index (κ2) is 5.99. The first-order valence-electron chi connectivity index (χ1n) is 9.10. The molecule has 2 nitrogen and oxygen atoms in total. The van der Waals surface area contributed by atoms with Crippen molar-refractivity contribution in [2.24, 2.45) is 0 Å². The van der Waals surface area contributed by atoms with Crippen LogP contribution in [0, 0.1) is 0 Å². The summed E-state index contributed by atoms with van der Waals surface area (Å²) in [6.07, 6.45) is 1.85. The molecular formula is C24H19NO. The predicted molar refractivity (Wildman–Crippen MR) is 108 cm³/mol. The van der Waals surface area contributed by atoms with Gasteiger partial charge in [0.1, 0.15) is 11.1 Å². The molecule has 0 bridgehead atoms. The lowest BCUT2D eigenvalue weighted by atomic mass is 9.98. The molecule has 0 spiro atoms. The maximum atomic E-state index is 6.27. The Morgan fingerprint density at radius 2 is 1.62 bits per heavy atom. The van der Waals surface area contributed by atoms with Crippen LogP contribution in [0.1, 0.15) is 23.6 Å². The van der Waals surface area contributed by atoms with E-state index in [1.165, 1.54) is 22.1 Å². The van der Waals surface area contributed by atoms with Crippen LogP contribution in [0.2, 0.25) is 0 Å². The van der Waals surface area contributed by atoms with Gasteiger partial charge in [0, 0.05) is 22.8 Å². The normalized spacial score (nSPS) is 11.6. The summed E-state index contributed by atoms with van der Waals surface area (Å²) in [6.45, 7) is 2.19. The van der Waals surface area contributed by atoms with Gasteiger partial charge in [-0.05, 0) is 41.8 Å². The molecule has 0 aliphatic rings. The summed E-state index contributed by atoms with van der Waals surface area (Å²) in [5.74, 6) is 0. The standard InChI is InChI=1S/C24H19NO/c1-2-16-12-13-21-19(14-16)20(15-17-8-4-3-5-9-17)24-23(25-21)18-10-6-7-11-22(18)26-24/h3-14H,2,15H2,1H3. The minimum atomic E-state index is 0.837. The smallest absolute Gasteiger partial charge is 0.158 e. The van der Waals surface area contributed by atoms with E-state index in [9.17, 15) is 0 Å². The van der Waals surface area contributed by atoms with E-state index in [2.05, 4.69) is 61.5 Å². The number of para-hydroxylation sites is 1. The second-order valence-electron chi connectivity index (χ2n) is 6.73. The molecule has 0 aliphatic carbocycles. The van der Waals surface area contributed by atoms with Crippen LogP contribution in [0.5, 0.6) is 0 Å². The number of hydrogen-bond acceptors (Lipinski definition) is 2. The molecule has 0 N–H and O–H groups in total. The van der Waals surface area contributed by atoms with Crippen LogP contribution in [0.15, 0.2) is 77.2 Å². The van der Waals surface area contributed by atoms with E-state index < -0.39 is 0 Å². The van der Waals surface area contributed by atoms with Gasteiger partial charge in [-0.3, -0.25) is 0 Å². The van der Waals surface area contributed by atoms with Gasteiger partial charge < -0.3 is 4.42 Å². The van der Waals surface area contributed by atoms with E-state index in [0.29, 0.717) is 0 Å². The van der Waals surface area contributed by atoms with Crippen LogP contribution < -0.4 is 0 Å². The first-order chi connectivity index (χ1) is 12.8. The SMILES string of the molecule is CCc1ccc2nc3c(oc4ccccc43)c(Cc3ccccc3)c2c1. The molecule has 0 saturated carbocycles. The van der Waals surface area contributed by atoms with Gasteiger partial charge in [-0.15, -0.1) is 0 Å². The Morgan fingerprint density at radius 3 is 2.46 bits per heavy atom. The van der Waals surface area contributed by atoms with E-state index in [0.717, 1.165) is 40.4 Å². The summed E-state index contributed by atoms with van der Waals surface area (Å²) in [6, 6.07) is 25.3. The van der Waals surface area contributed by atoms with E-state index >= 15 is 0 Å². The van der Waals surface area contributed by atoms with E-state index in [1.54, 1.807) is 0 Å². The number of pyridine rings is 1. The third-order valence-electron chi connectivity index (χ3n) is 5.09. The maximum absolute atomic E-state index is 6.27. The predicted octanol–water partition coefficient (Wildman–Crippen LogP) is 6.29. The maximum Gasteiger partial charge on any atom is 0.158 e. The fourth-order valence-corrected chi connectivity index (χ4v) is 3.71. The number of rotatable bonds is 3. The highest BCUT2D eigenvalue weighted by atomic mass is 16.3. The quantitative estimate of drug-likeness (QED) is 0.387. The molecule has 0 aliphatic heterocycles. The summed E-state index contributed by atoms with van der Waals surface area (Å²) in [7, 11) is 0. The molecular weight excluding hydrogens is 318 g/mol. The van der Waals surface area contributed by atoms with Gasteiger partial charge >= 0.3 is 0 Å². The van der Waals surface area contributed by atoms with Crippen molar-refractivity contribution in [2.45, 2.75) is 19.8 Å². The van der Waals surface area contributed by atoms with Gasteiger partial charge in [-0.1, -0.05) is 55.5 Å². The first kappa shape index (κ1) is 15.2. The van der Waals surface area contributed by atoms with E-state index in [1.807, 2.05) is 18.2 Å². The average Bonchev–Trinajstić information content (AvgIpc) is 3.07. The summed E-state index contributed by atoms with van der Waals surface area (Å²) in [5, 5.41) is 2.28. The molecule has 2 aromatic heterocycles. The van der Waals surface area contributed by atoms with Gasteiger partial charge in [0.2, 0.25) is 0 Å². The molecule has 0 radical (unpaired) electrons. The molecule has 0 unspecified atom stereocenters. The Morgan fingerprint density at radius 1 is 0.808 bits per heavy atom. The zero-order valence-electron chi connectivity index (χ0n) is 14.7. The highest BCUT2D eigenvalue weighted by Gasteiger charge is 2.16. The summed E-state index contributed by atoms with van der Waals surface area (Å²) >= 11 is 0. The zero-order valence-corrected chi connectivity index (χ0v) is 14.7. The second-order valence-corrected chi connectivity index (χ2v) is 6.73. The largest absolute Gasteiger partial charge is 0.454 e. The third-order valence-corrected chi connectivity index (χ3v) is 5.09. The Hall–Kier alpha value is -3.13. The van der Waals surface area contributed by atoms with Crippen LogP contribution in [-0.2, 0) is 12.8 Å². The van der Waals surface area contributed by atoms with Crippen molar-refractivity contribution in [1.29, 1.82) is 0 Å². The van der Waals surface area contributed by atoms with Crippen LogP contribution in [0.3, 0.4) is 0 Å². The summed E-state index contributed by atoms with van der Waals surface area (Å²) < 4.78 is 6.27. The van der Waals surface area contributed by atoms with Gasteiger partial charge in [-0.25, -0.2) is 4.98 Å². The van der Waals surface area contributed by atoms with Crippen molar-refractivity contribution in [2.75, 3.05) is 0 Å². The number of furan rings is 1. The number of aryl methyl sites for hydroxylation is 1. The zero-order chi connectivity index (χ0) is 17.5. The minimum absolute atomic E-state index is 0.837. The van der Waals surface area contributed by atoms with Crippen LogP contribution >= 0.6 is 0 Å². The molecule has 0 amide bonds. The number of hydrogen-bond donors (Lipinski definition) is 0. The molecule has 126 valence electrons. The fraction of sp³-hybridized carbons (Fsp3) is 0.125. The Balaban J connectivity index is 1.88. The number of nitrogens with zero attached hydrogens (tertiary/aromatic N) is 1. The molecule has 0 atom stereocenters. The van der Waals surface area contributed by atoms with Crippen molar-refractivity contribution >= 4 is 33.0 Å². The summed E-state index contributed by atoms with van der Waals surface area (Å²) in [5.41, 5.74) is 7.64. The molecule has 2 heteroatoms. The van der Waals surface area contributed by atoms with Crippen molar-refractivity contribution in [1.82, 2.24) is 4.98 Å². The van der Waals surface area contributed by atoms with Gasteiger partial charge in [0.15, 0.2) is 5.58 Å². The fourth-order valence-electron chi connectivity index (χ4n) is 3.71. The topological polar surface area (TPSA) is 26.0 Å². The van der Waals surface area contributed by atoms with Crippen LogP contribution in [0.25, 0.3) is 33.0 Å². The molecule has 26 heavy (non-hydrogen) atoms. The highest BCUT2D eigenvalue weighted by molar-refractivity contribution is 6.08. The van der Waals surface area contributed by atoms with Gasteiger partial charge in [0.25, 0.3) is 0 Å². The van der Waals surface area contributed by atoms with Gasteiger partial charge in [-0.2, -0.15) is 0 Å². The third kappa shape index (κ3) is 2.38. The Kier molecular flexibility index (Phi) is 3.49. The molecule has 0 fully saturated rings. The molecule has 5 rings (SSSR count). The van der Waals surface area contributed by atoms with Crippen molar-refractivity contribution in [3.63, 3.8) is 0 Å². The van der Waals surface area contributed by atoms with Crippen LogP contribution in [-0.4, -0.2) is 4.98 Å². The Bertz CT molecular complexity index is 1240. The number of benzene rings is 3. The molecule has 5 aromatic rings. The number of aromatic nitrogens is 1. The minimum Gasteiger partial charge on any atom is -0.454 e. The van der Waals surface area contributed by atoms with E-state index in [4.69, 9.17) is 9.40 Å². The Labute approximate surface area is 152 Å². The first-order valence-corrected chi connectivity index (χ1v) is 9.10. The lowest BCUT2D eigenvalue weighted by molar-refractivity contribution is 0.664. The molecule has 0 saturated heterocycles. The monoisotopic (exact) mass is 337 g/mol. The summed E-state index contributed by atoms with van der Waals surface area (Å²) in [4.78, 5) is 4.95. The molecule has 3 aromatic carbocycles. The lowest BCUT2D eigenvalue weighted by Gasteiger charge is -2.09. The molecule has 2 heterocycles. The van der Waals surface area contributed by atoms with Crippen molar-refractivity contribution in [3.05, 3.63) is 89.5 Å². The van der Waals surface area contributed by atoms with Crippen molar-refractivity contribution < 1.29 is 4.42 Å². The van der Waals surface area contributed by atoms with Gasteiger partial charge in [0.05, 0.1) is 5.52 Å².